The number of hydrogen-bond acceptors (Lipinski definition) is 13. The van der Waals surface area contributed by atoms with Gasteiger partial charge in [-0.15, -0.1) is 0 Å². The Labute approximate surface area is 194 Å². The maximum Gasteiger partial charge on any atom is 0.478 e. The molecule has 3 aliphatic rings. The molecule has 5 unspecified atom stereocenters. The summed E-state index contributed by atoms with van der Waals surface area (Å²) < 4.78 is 48.1. The van der Waals surface area contributed by atoms with Crippen LogP contribution in [0.3, 0.4) is 0 Å². The van der Waals surface area contributed by atoms with Gasteiger partial charge in [0.15, 0.2) is 6.29 Å². The molecule has 3 heterocycles. The Bertz CT molecular complexity index is 929. The highest BCUT2D eigenvalue weighted by atomic mass is 31.3. The van der Waals surface area contributed by atoms with Gasteiger partial charge in [0.25, 0.3) is 13.7 Å². The van der Waals surface area contributed by atoms with Crippen LogP contribution in [0.5, 0.6) is 0 Å². The van der Waals surface area contributed by atoms with Crippen molar-refractivity contribution < 1.29 is 61.9 Å². The van der Waals surface area contributed by atoms with E-state index in [1.165, 1.54) is 18.0 Å². The minimum Gasteiger partial charge on any atom is -0.756 e. The third-order valence-electron chi connectivity index (χ3n) is 5.23. The summed E-state index contributed by atoms with van der Waals surface area (Å²) in [4.78, 5) is 35.0. The molecule has 0 aromatic rings. The highest BCUT2D eigenvalue weighted by Gasteiger charge is 2.42. The average Bonchev–Trinajstić information content (AvgIpc) is 3.06. The van der Waals surface area contributed by atoms with E-state index in [2.05, 4.69) is 25.3 Å². The average molecular weight is 529 g/mol. The van der Waals surface area contributed by atoms with Crippen LogP contribution >= 0.6 is 15.6 Å². The summed E-state index contributed by atoms with van der Waals surface area (Å²) in [6, 6.07) is 0. The third kappa shape index (κ3) is 6.72. The van der Waals surface area contributed by atoms with Gasteiger partial charge in [-0.1, -0.05) is 6.58 Å². The molecule has 34 heavy (non-hydrogen) atoms. The number of aliphatic hydroxyl groups excluding tert-OH is 3. The van der Waals surface area contributed by atoms with Gasteiger partial charge in [-0.2, -0.15) is 0 Å². The molecule has 17 heteroatoms. The molecule has 15 nitrogen and oxygen atoms in total. The number of amides is 1. The molecule has 3 aliphatic heterocycles. The highest BCUT2D eigenvalue weighted by Crippen LogP contribution is 2.59. The van der Waals surface area contributed by atoms with Crippen LogP contribution in [-0.2, 0) is 36.8 Å². The van der Waals surface area contributed by atoms with Gasteiger partial charge in [-0.05, 0) is 13.8 Å². The summed E-state index contributed by atoms with van der Waals surface area (Å²) in [6.45, 7) is 6.01. The van der Waals surface area contributed by atoms with Crippen LogP contribution in [-0.4, -0.2) is 80.7 Å². The van der Waals surface area contributed by atoms with Crippen LogP contribution in [0.25, 0.3) is 0 Å². The van der Waals surface area contributed by atoms with Crippen LogP contribution in [0.1, 0.15) is 26.7 Å². The molecule has 194 valence electrons. The molecule has 0 saturated carbocycles. The Balaban J connectivity index is 1.55. The SMILES string of the molecule is C=C1NC(=O)C(C)=CN1[C@H]1CC(O)[C@@H](COP(=O)(O)OP(=O)([O-])O[C@H]2OC(C)C[C@H](O)C2O)O1. The van der Waals surface area contributed by atoms with Crippen LogP contribution in [0, 0.1) is 0 Å². The largest absolute Gasteiger partial charge is 0.756 e. The van der Waals surface area contributed by atoms with Crippen LogP contribution in [0.15, 0.2) is 24.2 Å². The van der Waals surface area contributed by atoms with Crippen molar-refractivity contribution in [1.29, 1.82) is 0 Å². The Hall–Kier alpha value is -1.19. The lowest BCUT2D eigenvalue weighted by Gasteiger charge is -2.38. The molecule has 0 aromatic heterocycles. The molecule has 0 bridgehead atoms. The van der Waals surface area contributed by atoms with E-state index >= 15 is 0 Å². The highest BCUT2D eigenvalue weighted by molar-refractivity contribution is 7.60. The summed E-state index contributed by atoms with van der Waals surface area (Å²) in [5.41, 5.74) is 0.360. The van der Waals surface area contributed by atoms with Crippen molar-refractivity contribution in [2.75, 3.05) is 6.61 Å². The van der Waals surface area contributed by atoms with E-state index in [9.17, 15) is 39.0 Å². The number of aliphatic hydroxyl groups is 3. The number of nitrogens with one attached hydrogen (secondary N) is 1. The molecule has 0 aliphatic carbocycles. The van der Waals surface area contributed by atoms with Gasteiger partial charge in [0.05, 0.1) is 24.9 Å². The van der Waals surface area contributed by atoms with E-state index in [0.717, 1.165) is 0 Å². The maximum absolute atomic E-state index is 12.1. The first-order valence-electron chi connectivity index (χ1n) is 10.2. The fourth-order valence-electron chi connectivity index (χ4n) is 3.51. The minimum atomic E-state index is -5.56. The second-order valence-corrected chi connectivity index (χ2v) is 11.0. The third-order valence-corrected chi connectivity index (χ3v) is 7.79. The predicted molar refractivity (Wildman–Crippen MR) is 109 cm³/mol. The fraction of sp³-hybridized carbons (Fsp3) is 0.706. The molecule has 2 saturated heterocycles. The van der Waals surface area contributed by atoms with E-state index in [-0.39, 0.29) is 24.6 Å². The van der Waals surface area contributed by atoms with E-state index in [1.54, 1.807) is 6.92 Å². The van der Waals surface area contributed by atoms with Gasteiger partial charge in [0, 0.05) is 24.6 Å². The van der Waals surface area contributed by atoms with E-state index in [4.69, 9.17) is 9.47 Å². The molecule has 0 spiro atoms. The summed E-state index contributed by atoms with van der Waals surface area (Å²) in [5.74, 6) is -0.154. The summed E-state index contributed by atoms with van der Waals surface area (Å²) in [5, 5.41) is 32.3. The molecule has 2 fully saturated rings. The second-order valence-electron chi connectivity index (χ2n) is 8.06. The van der Waals surface area contributed by atoms with Crippen LogP contribution in [0.4, 0.5) is 0 Å². The van der Waals surface area contributed by atoms with E-state index in [0.29, 0.717) is 5.57 Å². The number of carbonyl (C=O) groups is 1. The number of phosphoric acid groups is 2. The molecule has 5 N–H and O–H groups in total. The number of phosphoric ester groups is 2. The lowest BCUT2D eigenvalue weighted by Crippen LogP contribution is -2.48. The van der Waals surface area contributed by atoms with Crippen molar-refractivity contribution in [3.8, 4) is 0 Å². The molecule has 0 aromatic carbocycles. The molecular formula is C17H27N2O13P2-. The molecule has 1 amide bonds. The first-order chi connectivity index (χ1) is 15.7. The lowest BCUT2D eigenvalue weighted by atomic mass is 10.0. The number of carbonyl (C=O) groups excluding carboxylic acids is 1. The zero-order valence-electron chi connectivity index (χ0n) is 18.3. The van der Waals surface area contributed by atoms with Gasteiger partial charge in [0.1, 0.15) is 24.3 Å². The van der Waals surface area contributed by atoms with Crippen molar-refractivity contribution in [3.05, 3.63) is 24.2 Å². The Kier molecular flexibility index (Phi) is 8.40. The van der Waals surface area contributed by atoms with Gasteiger partial charge in [-0.25, -0.2) is 8.88 Å². The topological polar surface area (TPSA) is 217 Å². The monoisotopic (exact) mass is 529 g/mol. The first kappa shape index (κ1) is 27.4. The fourth-order valence-corrected chi connectivity index (χ4v) is 5.63. The van der Waals surface area contributed by atoms with Gasteiger partial charge >= 0.3 is 7.82 Å². The van der Waals surface area contributed by atoms with Crippen molar-refractivity contribution in [2.24, 2.45) is 0 Å². The van der Waals surface area contributed by atoms with Gasteiger partial charge in [-0.3, -0.25) is 18.4 Å². The standard InChI is InChI=1S/C17H28N2O13P2/c1-8-6-19(10(3)18-16(8)23)14-5-11(20)13(30-14)7-28-33(24,25)32-34(26,27)31-17-15(22)12(21)4-9(2)29-17/h6,9,11-15,17,20-22H,3-5,7H2,1-2H3,(H,18,23)(H,24,25)(H,26,27)/p-1/t9?,11?,12-,13+,14+,15?,17+/m0/s1. The molecule has 9 atom stereocenters. The summed E-state index contributed by atoms with van der Waals surface area (Å²) in [7, 11) is -10.8. The number of rotatable bonds is 8. The minimum absolute atomic E-state index is 0.0177. The Morgan fingerprint density at radius 1 is 1.26 bits per heavy atom. The zero-order chi connectivity index (χ0) is 25.4. The zero-order valence-corrected chi connectivity index (χ0v) is 20.0. The molecule has 0 radical (unpaired) electrons. The van der Waals surface area contributed by atoms with Crippen LogP contribution in [0.2, 0.25) is 0 Å². The van der Waals surface area contributed by atoms with Gasteiger partial charge < -0.3 is 44.8 Å². The van der Waals surface area contributed by atoms with Crippen molar-refractivity contribution in [1.82, 2.24) is 10.2 Å². The van der Waals surface area contributed by atoms with Crippen molar-refractivity contribution in [3.63, 3.8) is 0 Å². The smallest absolute Gasteiger partial charge is 0.478 e. The van der Waals surface area contributed by atoms with Crippen molar-refractivity contribution >= 4 is 21.6 Å². The lowest BCUT2D eigenvalue weighted by molar-refractivity contribution is -0.276. The van der Waals surface area contributed by atoms with Crippen LogP contribution < -0.4 is 10.2 Å². The quantitative estimate of drug-likeness (QED) is 0.232. The second kappa shape index (κ2) is 10.4. The number of nitrogens with zero attached hydrogens (tertiary/aromatic N) is 1. The molecular weight excluding hydrogens is 502 g/mol. The van der Waals surface area contributed by atoms with E-state index in [1.807, 2.05) is 0 Å². The maximum atomic E-state index is 12.1. The molecule has 3 rings (SSSR count). The predicted octanol–water partition coefficient (Wildman–Crippen LogP) is -1.26. The Morgan fingerprint density at radius 3 is 2.62 bits per heavy atom. The van der Waals surface area contributed by atoms with E-state index < -0.39 is 65.3 Å². The Morgan fingerprint density at radius 2 is 1.94 bits per heavy atom. The summed E-state index contributed by atoms with van der Waals surface area (Å²) >= 11 is 0. The van der Waals surface area contributed by atoms with Gasteiger partial charge in [0.2, 0.25) is 0 Å². The number of ether oxygens (including phenoxy) is 2. The normalized spacial score (nSPS) is 38.1. The van der Waals surface area contributed by atoms with Crippen molar-refractivity contribution in [2.45, 2.75) is 69.7 Å². The number of hydrogen-bond donors (Lipinski definition) is 5. The summed E-state index contributed by atoms with van der Waals surface area (Å²) in [6.07, 6.45) is -7.24. The first-order valence-corrected chi connectivity index (χ1v) is 13.1.